The summed E-state index contributed by atoms with van der Waals surface area (Å²) in [5.41, 5.74) is -1.01. The van der Waals surface area contributed by atoms with E-state index in [1.165, 1.54) is 11.5 Å². The smallest absolute Gasteiger partial charge is 0.419 e. The van der Waals surface area contributed by atoms with Crippen molar-refractivity contribution in [3.05, 3.63) is 46.4 Å². The number of nitrogens with zero attached hydrogens (tertiary/aromatic N) is 1. The van der Waals surface area contributed by atoms with Crippen LogP contribution in [-0.2, 0) is 35.0 Å². The number of aromatic nitrogens is 1. The highest BCUT2D eigenvalue weighted by Crippen LogP contribution is 2.33. The number of ether oxygens (including phenoxy) is 3. The van der Waals surface area contributed by atoms with E-state index in [4.69, 9.17) is 14.2 Å². The molecule has 0 bridgehead atoms. The minimum absolute atomic E-state index is 0.00993. The van der Waals surface area contributed by atoms with Crippen LogP contribution in [0.3, 0.4) is 0 Å². The van der Waals surface area contributed by atoms with Crippen molar-refractivity contribution in [1.82, 2.24) is 9.88 Å². The Hall–Kier alpha value is -3.40. The first-order valence-electron chi connectivity index (χ1n) is 11.9. The Morgan fingerprint density at radius 1 is 0.892 bits per heavy atom. The number of fused-ring (bicyclic) bond motifs is 3. The Labute approximate surface area is 223 Å². The van der Waals surface area contributed by atoms with Crippen molar-refractivity contribution in [3.63, 3.8) is 0 Å². The van der Waals surface area contributed by atoms with E-state index in [9.17, 15) is 19.2 Å². The van der Waals surface area contributed by atoms with Gasteiger partial charge >= 0.3 is 18.0 Å². The Morgan fingerprint density at radius 3 is 1.95 bits per heavy atom. The summed E-state index contributed by atoms with van der Waals surface area (Å²) in [6.45, 7) is 9.82. The molecule has 1 N–H and O–H groups in total. The van der Waals surface area contributed by atoms with Crippen molar-refractivity contribution in [1.29, 1.82) is 0 Å². The van der Waals surface area contributed by atoms with E-state index >= 15 is 0 Å². The summed E-state index contributed by atoms with van der Waals surface area (Å²) in [5.74, 6) is -2.42. The first-order chi connectivity index (χ1) is 17.3. The largest absolute Gasteiger partial charge is 0.464 e. The molecule has 3 rings (SSSR count). The zero-order valence-corrected chi connectivity index (χ0v) is 23.4. The number of carbonyl (C=O) groups is 4. The molecule has 9 nitrogen and oxygen atoms in total. The number of hydrogen-bond acceptors (Lipinski definition) is 7. The van der Waals surface area contributed by atoms with Gasteiger partial charge in [0.15, 0.2) is 0 Å². The molecule has 1 heterocycles. The summed E-state index contributed by atoms with van der Waals surface area (Å²) in [6.07, 6.45) is -0.749. The lowest BCUT2D eigenvalue weighted by Crippen LogP contribution is -2.62. The third-order valence-electron chi connectivity index (χ3n) is 5.47. The first kappa shape index (κ1) is 28.2. The molecule has 198 valence electrons. The normalized spacial score (nSPS) is 11.9. The molecular formula is C27H31BrN2O7. The molecule has 1 aromatic heterocycles. The molecule has 0 aliphatic heterocycles. The predicted octanol–water partition coefficient (Wildman–Crippen LogP) is 4.88. The average molecular weight is 575 g/mol. The maximum Gasteiger partial charge on any atom is 0.419 e. The van der Waals surface area contributed by atoms with Crippen LogP contribution in [0.1, 0.15) is 47.1 Å². The van der Waals surface area contributed by atoms with Crippen molar-refractivity contribution in [2.75, 3.05) is 13.2 Å². The van der Waals surface area contributed by atoms with Crippen LogP contribution in [-0.4, -0.2) is 52.9 Å². The maximum atomic E-state index is 13.2. The quantitative estimate of drug-likeness (QED) is 0.243. The van der Waals surface area contributed by atoms with Gasteiger partial charge in [-0.25, -0.2) is 19.0 Å². The predicted molar refractivity (Wildman–Crippen MR) is 142 cm³/mol. The fraction of sp³-hybridized carbons (Fsp3) is 0.407. The third-order valence-corrected chi connectivity index (χ3v) is 5.97. The minimum atomic E-state index is -2.07. The molecule has 0 atom stereocenters. The Kier molecular flexibility index (Phi) is 8.32. The summed E-state index contributed by atoms with van der Waals surface area (Å²) >= 11 is 3.49. The lowest BCUT2D eigenvalue weighted by atomic mass is 9.89. The van der Waals surface area contributed by atoms with Gasteiger partial charge in [-0.3, -0.25) is 4.79 Å². The van der Waals surface area contributed by atoms with Crippen molar-refractivity contribution >= 4 is 61.7 Å². The standard InChI is InChI=1S/C27H31BrN2O7/c1-7-35-23(32)27(29-16(3)31,24(33)36-8-2)15-17-9-11-21-19(13-17)20-14-18(28)10-12-22(20)30(21)25(34)37-26(4,5)6/h9-14H,7-8,15H2,1-6H3,(H,29,31). The second kappa shape index (κ2) is 10.9. The molecule has 2 aromatic carbocycles. The van der Waals surface area contributed by atoms with Gasteiger partial charge in [-0.2, -0.15) is 0 Å². The lowest BCUT2D eigenvalue weighted by molar-refractivity contribution is -0.168. The minimum Gasteiger partial charge on any atom is -0.464 e. The van der Waals surface area contributed by atoms with Crippen molar-refractivity contribution in [2.24, 2.45) is 0 Å². The van der Waals surface area contributed by atoms with Gasteiger partial charge in [0.1, 0.15) is 5.60 Å². The number of benzene rings is 2. The maximum absolute atomic E-state index is 13.2. The van der Waals surface area contributed by atoms with Crippen LogP contribution in [0.5, 0.6) is 0 Å². The van der Waals surface area contributed by atoms with E-state index in [0.717, 1.165) is 9.86 Å². The highest BCUT2D eigenvalue weighted by Gasteiger charge is 2.50. The van der Waals surface area contributed by atoms with Gasteiger partial charge < -0.3 is 19.5 Å². The van der Waals surface area contributed by atoms with Crippen molar-refractivity contribution < 1.29 is 33.4 Å². The van der Waals surface area contributed by atoms with Gasteiger partial charge in [-0.05, 0) is 70.5 Å². The second-order valence-electron chi connectivity index (χ2n) is 9.53. The molecule has 0 spiro atoms. The monoisotopic (exact) mass is 574 g/mol. The topological polar surface area (TPSA) is 113 Å². The molecule has 0 unspecified atom stereocenters. The molecule has 10 heteroatoms. The number of halogens is 1. The van der Waals surface area contributed by atoms with E-state index in [1.54, 1.807) is 52.8 Å². The average Bonchev–Trinajstić information content (AvgIpc) is 3.10. The number of rotatable bonds is 7. The fourth-order valence-corrected chi connectivity index (χ4v) is 4.51. The van der Waals surface area contributed by atoms with Gasteiger partial charge in [0.2, 0.25) is 11.4 Å². The van der Waals surface area contributed by atoms with Crippen LogP contribution in [0, 0.1) is 0 Å². The van der Waals surface area contributed by atoms with E-state index < -0.39 is 35.1 Å². The summed E-state index contributed by atoms with van der Waals surface area (Å²) < 4.78 is 18.3. The molecule has 0 aliphatic carbocycles. The van der Waals surface area contributed by atoms with Gasteiger partial charge in [-0.15, -0.1) is 0 Å². The third kappa shape index (κ3) is 5.95. The number of hydrogen-bond donors (Lipinski definition) is 1. The first-order valence-corrected chi connectivity index (χ1v) is 12.7. The van der Waals surface area contributed by atoms with Gasteiger partial charge in [-0.1, -0.05) is 22.0 Å². The molecule has 3 aromatic rings. The van der Waals surface area contributed by atoms with Gasteiger partial charge in [0, 0.05) is 28.6 Å². The Bertz CT molecular complexity index is 1350. The van der Waals surface area contributed by atoms with Crippen LogP contribution in [0.2, 0.25) is 0 Å². The van der Waals surface area contributed by atoms with Crippen LogP contribution < -0.4 is 5.32 Å². The molecule has 0 radical (unpaired) electrons. The number of nitrogens with one attached hydrogen (secondary N) is 1. The molecular weight excluding hydrogens is 544 g/mol. The Morgan fingerprint density at radius 2 is 1.43 bits per heavy atom. The SMILES string of the molecule is CCOC(=O)C(Cc1ccc2c(c1)c1cc(Br)ccc1n2C(=O)OC(C)(C)C)(NC(C)=O)C(=O)OCC. The van der Waals surface area contributed by atoms with Gasteiger partial charge in [0.05, 0.1) is 24.2 Å². The summed E-state index contributed by atoms with van der Waals surface area (Å²) in [5, 5.41) is 3.94. The molecule has 37 heavy (non-hydrogen) atoms. The van der Waals surface area contributed by atoms with E-state index in [-0.39, 0.29) is 19.6 Å². The number of carbonyl (C=O) groups excluding carboxylic acids is 4. The molecule has 0 aliphatic rings. The molecule has 0 saturated heterocycles. The summed E-state index contributed by atoms with van der Waals surface area (Å²) in [7, 11) is 0. The van der Waals surface area contributed by atoms with Gasteiger partial charge in [0.25, 0.3) is 0 Å². The van der Waals surface area contributed by atoms with Crippen LogP contribution in [0.25, 0.3) is 21.8 Å². The zero-order chi connectivity index (χ0) is 27.5. The van der Waals surface area contributed by atoms with Crippen LogP contribution >= 0.6 is 15.9 Å². The molecule has 0 saturated carbocycles. The van der Waals surface area contributed by atoms with Crippen molar-refractivity contribution in [2.45, 2.75) is 59.1 Å². The second-order valence-corrected chi connectivity index (χ2v) is 10.4. The van der Waals surface area contributed by atoms with Crippen LogP contribution in [0.4, 0.5) is 4.79 Å². The van der Waals surface area contributed by atoms with Crippen LogP contribution in [0.15, 0.2) is 40.9 Å². The number of amides is 1. The van der Waals surface area contributed by atoms with E-state index in [2.05, 4.69) is 21.2 Å². The Balaban J connectivity index is 2.22. The summed E-state index contributed by atoms with van der Waals surface area (Å²) in [6, 6.07) is 10.7. The highest BCUT2D eigenvalue weighted by atomic mass is 79.9. The number of esters is 2. The molecule has 1 amide bonds. The lowest BCUT2D eigenvalue weighted by Gasteiger charge is -2.29. The van der Waals surface area contributed by atoms with E-state index in [1.807, 2.05) is 18.2 Å². The zero-order valence-electron chi connectivity index (χ0n) is 21.8. The fourth-order valence-electron chi connectivity index (χ4n) is 4.15. The highest BCUT2D eigenvalue weighted by molar-refractivity contribution is 9.10. The van der Waals surface area contributed by atoms with E-state index in [0.29, 0.717) is 22.0 Å². The summed E-state index contributed by atoms with van der Waals surface area (Å²) in [4.78, 5) is 51.4. The van der Waals surface area contributed by atoms with Crippen molar-refractivity contribution in [3.8, 4) is 0 Å². The molecule has 0 fully saturated rings.